The summed E-state index contributed by atoms with van der Waals surface area (Å²) in [6.07, 6.45) is 1.88. The second kappa shape index (κ2) is 8.36. The average Bonchev–Trinajstić information content (AvgIpc) is 3.38. The molecule has 7 nitrogen and oxygen atoms in total. The highest BCUT2D eigenvalue weighted by atomic mass is 19.1. The monoisotopic (exact) mass is 408 g/mol. The Balaban J connectivity index is 1.26. The molecule has 1 fully saturated rings. The summed E-state index contributed by atoms with van der Waals surface area (Å²) in [6, 6.07) is 12.9. The summed E-state index contributed by atoms with van der Waals surface area (Å²) in [6.45, 7) is 0.779. The first-order valence-electron chi connectivity index (χ1n) is 9.71. The minimum atomic E-state index is -0.480. The van der Waals surface area contributed by atoms with Gasteiger partial charge in [0.25, 0.3) is 5.91 Å². The first-order chi connectivity index (χ1) is 14.5. The molecule has 1 aliphatic heterocycles. The van der Waals surface area contributed by atoms with Crippen molar-refractivity contribution in [1.82, 2.24) is 15.6 Å². The lowest BCUT2D eigenvalue weighted by molar-refractivity contribution is -0.126. The molecule has 2 heterocycles. The molecule has 3 amide bonds. The summed E-state index contributed by atoms with van der Waals surface area (Å²) in [7, 11) is 0. The zero-order valence-electron chi connectivity index (χ0n) is 16.2. The van der Waals surface area contributed by atoms with Crippen LogP contribution in [0.5, 0.6) is 0 Å². The Morgan fingerprint density at radius 1 is 1.07 bits per heavy atom. The summed E-state index contributed by atoms with van der Waals surface area (Å²) in [4.78, 5) is 41.6. The van der Waals surface area contributed by atoms with Gasteiger partial charge in [-0.15, -0.1) is 0 Å². The lowest BCUT2D eigenvalue weighted by Gasteiger charge is -2.16. The fourth-order valence-electron chi connectivity index (χ4n) is 3.64. The molecule has 1 aromatic heterocycles. The van der Waals surface area contributed by atoms with Crippen LogP contribution in [0.1, 0.15) is 16.8 Å². The van der Waals surface area contributed by atoms with Crippen molar-refractivity contribution in [3.05, 3.63) is 66.1 Å². The number of anilines is 1. The lowest BCUT2D eigenvalue weighted by Crippen LogP contribution is -2.38. The van der Waals surface area contributed by atoms with E-state index in [1.54, 1.807) is 18.3 Å². The van der Waals surface area contributed by atoms with Gasteiger partial charge in [0.2, 0.25) is 11.8 Å². The summed E-state index contributed by atoms with van der Waals surface area (Å²) in [5.74, 6) is -1.49. The van der Waals surface area contributed by atoms with E-state index in [4.69, 9.17) is 0 Å². The first-order valence-corrected chi connectivity index (χ1v) is 9.71. The van der Waals surface area contributed by atoms with Gasteiger partial charge in [-0.2, -0.15) is 0 Å². The number of carbonyl (C=O) groups excluding carboxylic acids is 3. The van der Waals surface area contributed by atoms with E-state index < -0.39 is 5.92 Å². The average molecular weight is 408 g/mol. The number of H-pyrrole nitrogens is 1. The highest BCUT2D eigenvalue weighted by molar-refractivity contribution is 6.06. The van der Waals surface area contributed by atoms with E-state index in [1.807, 2.05) is 12.1 Å². The summed E-state index contributed by atoms with van der Waals surface area (Å²) < 4.78 is 13.1. The predicted octanol–water partition coefficient (Wildman–Crippen LogP) is 2.21. The third-order valence-corrected chi connectivity index (χ3v) is 5.18. The van der Waals surface area contributed by atoms with Crippen LogP contribution in [0.4, 0.5) is 10.1 Å². The Morgan fingerprint density at radius 3 is 2.63 bits per heavy atom. The molecule has 4 rings (SSSR count). The number of nitrogens with zero attached hydrogens (tertiary/aromatic N) is 1. The van der Waals surface area contributed by atoms with E-state index in [9.17, 15) is 18.8 Å². The fraction of sp³-hybridized carbons (Fsp3) is 0.227. The summed E-state index contributed by atoms with van der Waals surface area (Å²) in [5, 5.41) is 6.40. The van der Waals surface area contributed by atoms with Crippen LogP contribution in [0.2, 0.25) is 0 Å². The number of aromatic nitrogens is 1. The third-order valence-electron chi connectivity index (χ3n) is 5.18. The van der Waals surface area contributed by atoms with Gasteiger partial charge in [0.1, 0.15) is 5.82 Å². The maximum atomic E-state index is 13.1. The van der Waals surface area contributed by atoms with Gasteiger partial charge in [-0.1, -0.05) is 6.07 Å². The quantitative estimate of drug-likeness (QED) is 0.546. The summed E-state index contributed by atoms with van der Waals surface area (Å²) >= 11 is 0. The molecule has 1 atom stereocenters. The Bertz CT molecular complexity index is 1090. The maximum Gasteiger partial charge on any atom is 0.252 e. The number of nitrogens with one attached hydrogen (secondary N) is 3. The van der Waals surface area contributed by atoms with Crippen molar-refractivity contribution in [2.24, 2.45) is 5.92 Å². The smallest absolute Gasteiger partial charge is 0.252 e. The van der Waals surface area contributed by atoms with Crippen molar-refractivity contribution in [3.63, 3.8) is 0 Å². The molecule has 1 saturated heterocycles. The van der Waals surface area contributed by atoms with Crippen LogP contribution in [-0.4, -0.2) is 42.3 Å². The number of carbonyl (C=O) groups is 3. The van der Waals surface area contributed by atoms with Crippen LogP contribution in [0.15, 0.2) is 54.7 Å². The number of aromatic amines is 1. The molecule has 3 aromatic rings. The molecule has 8 heteroatoms. The van der Waals surface area contributed by atoms with Crippen molar-refractivity contribution >= 4 is 34.3 Å². The highest BCUT2D eigenvalue weighted by Crippen LogP contribution is 2.25. The Labute approximate surface area is 172 Å². The van der Waals surface area contributed by atoms with Crippen LogP contribution in [0.25, 0.3) is 10.9 Å². The minimum absolute atomic E-state index is 0.102. The first kappa shape index (κ1) is 19.6. The van der Waals surface area contributed by atoms with Gasteiger partial charge < -0.3 is 20.5 Å². The van der Waals surface area contributed by atoms with E-state index in [1.165, 1.54) is 29.2 Å². The van der Waals surface area contributed by atoms with Gasteiger partial charge >= 0.3 is 0 Å². The molecule has 3 N–H and O–H groups in total. The van der Waals surface area contributed by atoms with E-state index in [2.05, 4.69) is 15.6 Å². The van der Waals surface area contributed by atoms with Crippen molar-refractivity contribution < 1.29 is 18.8 Å². The zero-order valence-corrected chi connectivity index (χ0v) is 16.2. The number of hydrogen-bond donors (Lipinski definition) is 3. The molecule has 0 radical (unpaired) electrons. The second-order valence-corrected chi connectivity index (χ2v) is 7.17. The predicted molar refractivity (Wildman–Crippen MR) is 111 cm³/mol. The van der Waals surface area contributed by atoms with Gasteiger partial charge in [-0.05, 0) is 42.5 Å². The molecule has 1 aliphatic rings. The van der Waals surface area contributed by atoms with Gasteiger partial charge in [-0.3, -0.25) is 14.4 Å². The molecule has 0 spiro atoms. The number of benzene rings is 2. The number of fused-ring (bicyclic) bond motifs is 1. The molecule has 2 aromatic carbocycles. The van der Waals surface area contributed by atoms with Crippen molar-refractivity contribution in [3.8, 4) is 0 Å². The fourth-order valence-corrected chi connectivity index (χ4v) is 3.64. The molecule has 0 saturated carbocycles. The number of hydrogen-bond acceptors (Lipinski definition) is 3. The highest BCUT2D eigenvalue weighted by Gasteiger charge is 2.34. The number of amides is 3. The summed E-state index contributed by atoms with van der Waals surface area (Å²) in [5.41, 5.74) is 2.02. The Kier molecular flexibility index (Phi) is 5.47. The molecule has 0 bridgehead atoms. The Morgan fingerprint density at radius 2 is 1.83 bits per heavy atom. The largest absolute Gasteiger partial charge is 0.361 e. The van der Waals surface area contributed by atoms with E-state index in [0.717, 1.165) is 10.9 Å². The lowest BCUT2D eigenvalue weighted by atomic mass is 10.1. The molecular formula is C22H21FN4O3. The zero-order chi connectivity index (χ0) is 21.1. The van der Waals surface area contributed by atoms with Crippen molar-refractivity contribution in [2.45, 2.75) is 6.42 Å². The van der Waals surface area contributed by atoms with Crippen molar-refractivity contribution in [1.29, 1.82) is 0 Å². The molecule has 1 unspecified atom stereocenters. The Hall–Kier alpha value is -3.68. The van der Waals surface area contributed by atoms with Crippen LogP contribution < -0.4 is 15.5 Å². The molecule has 30 heavy (non-hydrogen) atoms. The van der Waals surface area contributed by atoms with Gasteiger partial charge in [-0.25, -0.2) is 4.39 Å². The standard InChI is InChI=1S/C22H21FN4O3/c23-15-4-6-16(7-5-15)27-13-14(12-20(27)28)21(29)25-10-11-26-22(30)18-2-1-3-19-17(18)8-9-24-19/h1-9,14,24H,10-13H2,(H,25,29)(H,26,30). The molecule has 154 valence electrons. The SMILES string of the molecule is O=C(NCCNC(=O)C1CC(=O)N(c2ccc(F)cc2)C1)c1cccc2[nH]ccc12. The number of halogens is 1. The van der Waals surface area contributed by atoms with Crippen molar-refractivity contribution in [2.75, 3.05) is 24.5 Å². The van der Waals surface area contributed by atoms with Crippen LogP contribution in [0, 0.1) is 11.7 Å². The number of rotatable bonds is 6. The van der Waals surface area contributed by atoms with Crippen LogP contribution in [0.3, 0.4) is 0 Å². The maximum absolute atomic E-state index is 13.1. The molecular weight excluding hydrogens is 387 g/mol. The van der Waals surface area contributed by atoms with E-state index in [-0.39, 0.29) is 49.6 Å². The minimum Gasteiger partial charge on any atom is -0.361 e. The van der Waals surface area contributed by atoms with Gasteiger partial charge in [0.05, 0.1) is 5.92 Å². The normalized spacial score (nSPS) is 16.1. The van der Waals surface area contributed by atoms with Crippen LogP contribution in [-0.2, 0) is 9.59 Å². The van der Waals surface area contributed by atoms with E-state index in [0.29, 0.717) is 11.3 Å². The third kappa shape index (κ3) is 4.03. The van der Waals surface area contributed by atoms with Gasteiger partial charge in [0, 0.05) is 54.4 Å². The van der Waals surface area contributed by atoms with Gasteiger partial charge in [0.15, 0.2) is 0 Å². The van der Waals surface area contributed by atoms with Crippen LogP contribution >= 0.6 is 0 Å². The topological polar surface area (TPSA) is 94.3 Å². The molecule has 0 aliphatic carbocycles. The second-order valence-electron chi connectivity index (χ2n) is 7.17. The van der Waals surface area contributed by atoms with E-state index >= 15 is 0 Å².